The Labute approximate surface area is 204 Å². The number of hydrazone groups is 1. The van der Waals surface area contributed by atoms with Crippen LogP contribution in [0.4, 0.5) is 10.1 Å². The lowest BCUT2D eigenvalue weighted by Gasteiger charge is -2.24. The van der Waals surface area contributed by atoms with Crippen molar-refractivity contribution in [1.29, 1.82) is 0 Å². The standard InChI is InChI=1S/C25H26FN3O5S/c1-17-5-11-21(12-6-17)29(35(31,32)22-13-14-23(33-3)24(15-22)34-4)16-25(30)28-27-18(2)19-7-9-20(26)10-8-19/h5-15H,16H2,1-4H3,(H,28,30)/b27-18-. The first-order valence-electron chi connectivity index (χ1n) is 10.6. The van der Waals surface area contributed by atoms with Crippen molar-refractivity contribution < 1.29 is 27.1 Å². The minimum absolute atomic E-state index is 0.0745. The van der Waals surface area contributed by atoms with Crippen molar-refractivity contribution in [3.63, 3.8) is 0 Å². The molecule has 184 valence electrons. The lowest BCUT2D eigenvalue weighted by Crippen LogP contribution is -2.39. The van der Waals surface area contributed by atoms with Gasteiger partial charge in [-0.15, -0.1) is 0 Å². The Morgan fingerprint density at radius 1 is 0.971 bits per heavy atom. The number of amides is 1. The van der Waals surface area contributed by atoms with Crippen molar-refractivity contribution in [2.45, 2.75) is 18.7 Å². The molecule has 35 heavy (non-hydrogen) atoms. The van der Waals surface area contributed by atoms with E-state index in [0.29, 0.717) is 22.7 Å². The number of aryl methyl sites for hydroxylation is 1. The molecule has 1 N–H and O–H groups in total. The summed E-state index contributed by atoms with van der Waals surface area (Å²) in [5, 5.41) is 4.03. The molecule has 0 radical (unpaired) electrons. The molecule has 0 bridgehead atoms. The van der Waals surface area contributed by atoms with Gasteiger partial charge in [-0.3, -0.25) is 9.10 Å². The first-order chi connectivity index (χ1) is 16.6. The number of nitrogens with one attached hydrogen (secondary N) is 1. The predicted octanol–water partition coefficient (Wildman–Crippen LogP) is 3.89. The third-order valence-electron chi connectivity index (χ3n) is 5.16. The van der Waals surface area contributed by atoms with E-state index in [1.54, 1.807) is 31.2 Å². The smallest absolute Gasteiger partial charge is 0.264 e. The van der Waals surface area contributed by atoms with Crippen LogP contribution in [-0.4, -0.2) is 40.8 Å². The maximum Gasteiger partial charge on any atom is 0.264 e. The van der Waals surface area contributed by atoms with E-state index in [1.165, 1.54) is 56.7 Å². The second-order valence-electron chi connectivity index (χ2n) is 7.60. The van der Waals surface area contributed by atoms with E-state index >= 15 is 0 Å². The van der Waals surface area contributed by atoms with Crippen molar-refractivity contribution in [2.75, 3.05) is 25.1 Å². The van der Waals surface area contributed by atoms with Crippen molar-refractivity contribution >= 4 is 27.3 Å². The first kappa shape index (κ1) is 25.7. The van der Waals surface area contributed by atoms with E-state index in [1.807, 2.05) is 6.92 Å². The van der Waals surface area contributed by atoms with Gasteiger partial charge < -0.3 is 9.47 Å². The van der Waals surface area contributed by atoms with E-state index in [9.17, 15) is 17.6 Å². The average molecular weight is 500 g/mol. The summed E-state index contributed by atoms with van der Waals surface area (Å²) in [7, 11) is -1.32. The Balaban J connectivity index is 1.91. The minimum Gasteiger partial charge on any atom is -0.493 e. The fourth-order valence-electron chi connectivity index (χ4n) is 3.20. The van der Waals surface area contributed by atoms with Gasteiger partial charge in [0.1, 0.15) is 12.4 Å². The van der Waals surface area contributed by atoms with Gasteiger partial charge in [0, 0.05) is 6.07 Å². The molecule has 0 saturated heterocycles. The van der Waals surface area contributed by atoms with Crippen LogP contribution in [0.3, 0.4) is 0 Å². The average Bonchev–Trinajstić information content (AvgIpc) is 2.86. The molecule has 0 aliphatic rings. The number of carbonyl (C=O) groups is 1. The van der Waals surface area contributed by atoms with Crippen LogP contribution >= 0.6 is 0 Å². The zero-order chi connectivity index (χ0) is 25.6. The summed E-state index contributed by atoms with van der Waals surface area (Å²) in [6, 6.07) is 16.6. The summed E-state index contributed by atoms with van der Waals surface area (Å²) >= 11 is 0. The SMILES string of the molecule is COc1ccc(S(=O)(=O)N(CC(=O)N/N=C(/C)c2ccc(F)cc2)c2ccc(C)cc2)cc1OC. The molecule has 3 aromatic rings. The van der Waals surface area contributed by atoms with Gasteiger partial charge in [-0.05, 0) is 55.8 Å². The van der Waals surface area contributed by atoms with Crippen LogP contribution in [0.15, 0.2) is 76.7 Å². The molecule has 0 aliphatic heterocycles. The monoisotopic (exact) mass is 499 g/mol. The van der Waals surface area contributed by atoms with E-state index < -0.39 is 22.5 Å². The Kier molecular flexibility index (Phi) is 8.08. The number of sulfonamides is 1. The van der Waals surface area contributed by atoms with Gasteiger partial charge in [0.05, 0.1) is 30.5 Å². The Morgan fingerprint density at radius 3 is 2.20 bits per heavy atom. The summed E-state index contributed by atoms with van der Waals surface area (Å²) in [5.74, 6) is -0.436. The van der Waals surface area contributed by atoms with Crippen LogP contribution in [-0.2, 0) is 14.8 Å². The molecule has 3 rings (SSSR count). The molecule has 1 amide bonds. The number of nitrogens with zero attached hydrogens (tertiary/aromatic N) is 2. The number of methoxy groups -OCH3 is 2. The highest BCUT2D eigenvalue weighted by Gasteiger charge is 2.28. The maximum atomic E-state index is 13.6. The molecule has 0 aliphatic carbocycles. The lowest BCUT2D eigenvalue weighted by atomic mass is 10.1. The van der Waals surface area contributed by atoms with Gasteiger partial charge in [-0.2, -0.15) is 5.10 Å². The molecule has 3 aromatic carbocycles. The summed E-state index contributed by atoms with van der Waals surface area (Å²) in [5.41, 5.74) is 4.66. The van der Waals surface area contributed by atoms with Crippen molar-refractivity contribution in [3.05, 3.63) is 83.7 Å². The summed E-state index contributed by atoms with van der Waals surface area (Å²) in [4.78, 5) is 12.7. The molecule has 0 fully saturated rings. The third kappa shape index (κ3) is 6.15. The van der Waals surface area contributed by atoms with E-state index in [0.717, 1.165) is 9.87 Å². The highest BCUT2D eigenvalue weighted by Crippen LogP contribution is 2.32. The number of rotatable bonds is 9. The summed E-state index contributed by atoms with van der Waals surface area (Å²) in [6.45, 7) is 2.99. The molecule has 0 spiro atoms. The van der Waals surface area contributed by atoms with Gasteiger partial charge in [0.2, 0.25) is 0 Å². The molecule has 0 atom stereocenters. The van der Waals surface area contributed by atoms with Crippen molar-refractivity contribution in [1.82, 2.24) is 5.43 Å². The highest BCUT2D eigenvalue weighted by molar-refractivity contribution is 7.92. The van der Waals surface area contributed by atoms with Crippen LogP contribution in [0.1, 0.15) is 18.1 Å². The quantitative estimate of drug-likeness (QED) is 0.356. The number of hydrogen-bond acceptors (Lipinski definition) is 6. The van der Waals surface area contributed by atoms with E-state index in [4.69, 9.17) is 9.47 Å². The van der Waals surface area contributed by atoms with Crippen LogP contribution in [0.2, 0.25) is 0 Å². The third-order valence-corrected chi connectivity index (χ3v) is 6.93. The van der Waals surface area contributed by atoms with Crippen molar-refractivity contribution in [3.8, 4) is 11.5 Å². The number of hydrogen-bond donors (Lipinski definition) is 1. The topological polar surface area (TPSA) is 97.3 Å². The molecule has 0 heterocycles. The molecular formula is C25H26FN3O5S. The largest absolute Gasteiger partial charge is 0.493 e. The van der Waals surface area contributed by atoms with E-state index in [-0.39, 0.29) is 16.5 Å². The second kappa shape index (κ2) is 11.0. The molecular weight excluding hydrogens is 473 g/mol. The Morgan fingerprint density at radius 2 is 1.60 bits per heavy atom. The lowest BCUT2D eigenvalue weighted by molar-refractivity contribution is -0.119. The highest BCUT2D eigenvalue weighted by atomic mass is 32.2. The molecule has 10 heteroatoms. The predicted molar refractivity (Wildman–Crippen MR) is 132 cm³/mol. The minimum atomic E-state index is -4.17. The zero-order valence-electron chi connectivity index (χ0n) is 19.8. The Bertz CT molecular complexity index is 1320. The van der Waals surface area contributed by atoms with E-state index in [2.05, 4.69) is 10.5 Å². The molecule has 0 saturated carbocycles. The van der Waals surface area contributed by atoms with Gasteiger partial charge in [0.25, 0.3) is 15.9 Å². The first-order valence-corrected chi connectivity index (χ1v) is 12.0. The van der Waals surface area contributed by atoms with Crippen LogP contribution in [0.5, 0.6) is 11.5 Å². The molecule has 0 aromatic heterocycles. The Hall–Kier alpha value is -3.92. The normalized spacial score (nSPS) is 11.6. The summed E-state index contributed by atoms with van der Waals surface area (Å²) < 4.78 is 51.8. The fraction of sp³-hybridized carbons (Fsp3) is 0.200. The van der Waals surface area contributed by atoms with Crippen LogP contribution in [0, 0.1) is 12.7 Å². The number of anilines is 1. The number of ether oxygens (including phenoxy) is 2. The second-order valence-corrected chi connectivity index (χ2v) is 9.47. The van der Waals surface area contributed by atoms with Gasteiger partial charge >= 0.3 is 0 Å². The number of halogens is 1. The van der Waals surface area contributed by atoms with Gasteiger partial charge in [-0.1, -0.05) is 29.8 Å². The van der Waals surface area contributed by atoms with Crippen molar-refractivity contribution in [2.24, 2.45) is 5.10 Å². The summed E-state index contributed by atoms with van der Waals surface area (Å²) in [6.07, 6.45) is 0. The molecule has 0 unspecified atom stereocenters. The van der Waals surface area contributed by atoms with Gasteiger partial charge in [-0.25, -0.2) is 18.2 Å². The van der Waals surface area contributed by atoms with Gasteiger partial charge in [0.15, 0.2) is 11.5 Å². The maximum absolute atomic E-state index is 13.6. The van der Waals surface area contributed by atoms with Crippen LogP contribution < -0.4 is 19.2 Å². The molecule has 8 nitrogen and oxygen atoms in total. The number of benzene rings is 3. The van der Waals surface area contributed by atoms with Crippen LogP contribution in [0.25, 0.3) is 0 Å². The number of carbonyl (C=O) groups excluding carboxylic acids is 1. The zero-order valence-corrected chi connectivity index (χ0v) is 20.6. The fourth-order valence-corrected chi connectivity index (χ4v) is 4.63.